The first-order chi connectivity index (χ1) is 11.2. The Kier molecular flexibility index (Phi) is 7.40. The molecule has 0 atom stereocenters. The normalized spacial score (nSPS) is 15.4. The number of nitrogens with zero attached hydrogens (tertiary/aromatic N) is 1. The zero-order chi connectivity index (χ0) is 16.5. The first kappa shape index (κ1) is 17.8. The number of benzene rings is 1. The first-order valence-corrected chi connectivity index (χ1v) is 8.96. The van der Waals surface area contributed by atoms with Crippen molar-refractivity contribution in [1.29, 1.82) is 0 Å². The highest BCUT2D eigenvalue weighted by Crippen LogP contribution is 2.17. The Balaban J connectivity index is 1.87. The van der Waals surface area contributed by atoms with Crippen LogP contribution in [0.1, 0.15) is 45.1 Å². The van der Waals surface area contributed by atoms with Gasteiger partial charge in [-0.15, -0.1) is 0 Å². The number of nitrogens with one attached hydrogen (secondary N) is 1. The second kappa shape index (κ2) is 9.56. The smallest absolute Gasteiger partial charge is 0.223 e. The molecule has 0 saturated carbocycles. The van der Waals surface area contributed by atoms with Gasteiger partial charge in [-0.3, -0.25) is 4.79 Å². The molecule has 1 aliphatic heterocycles. The fraction of sp³-hybridized carbons (Fsp3) is 0.632. The van der Waals surface area contributed by atoms with Crippen LogP contribution in [0.5, 0.6) is 5.75 Å². The van der Waals surface area contributed by atoms with Crippen LogP contribution >= 0.6 is 0 Å². The minimum Gasteiger partial charge on any atom is -0.494 e. The lowest BCUT2D eigenvalue weighted by Crippen LogP contribution is -2.46. The summed E-state index contributed by atoms with van der Waals surface area (Å²) in [7, 11) is 0. The van der Waals surface area contributed by atoms with Crippen LogP contribution in [0, 0.1) is 0 Å². The first-order valence-electron chi connectivity index (χ1n) is 8.96. The number of aryl methyl sites for hydroxylation is 1. The fourth-order valence-electron chi connectivity index (χ4n) is 3.18. The van der Waals surface area contributed by atoms with Crippen LogP contribution in [0.4, 0.5) is 0 Å². The van der Waals surface area contributed by atoms with Crippen molar-refractivity contribution in [3.8, 4) is 5.75 Å². The van der Waals surface area contributed by atoms with Crippen LogP contribution in [0.2, 0.25) is 0 Å². The molecule has 0 spiro atoms. The number of rotatable bonds is 8. The summed E-state index contributed by atoms with van der Waals surface area (Å²) in [5, 5.41) is 3.37. The number of ether oxygens (including phenoxy) is 1. The molecule has 1 aromatic rings. The molecule has 0 unspecified atom stereocenters. The number of piperidine rings is 1. The molecular formula is C19H30N2O2. The number of hydrogen-bond donors (Lipinski definition) is 1. The molecule has 0 bridgehead atoms. The van der Waals surface area contributed by atoms with Gasteiger partial charge >= 0.3 is 0 Å². The molecule has 1 fully saturated rings. The lowest BCUT2D eigenvalue weighted by molar-refractivity contribution is -0.134. The number of carbonyl (C=O) groups is 1. The average Bonchev–Trinajstić information content (AvgIpc) is 2.60. The summed E-state index contributed by atoms with van der Waals surface area (Å²) in [6, 6.07) is 8.52. The molecule has 4 nitrogen and oxygen atoms in total. The van der Waals surface area contributed by atoms with Crippen molar-refractivity contribution in [2.75, 3.05) is 26.2 Å². The molecule has 1 N–H and O–H groups in total. The Labute approximate surface area is 140 Å². The molecule has 0 aliphatic carbocycles. The van der Waals surface area contributed by atoms with Crippen LogP contribution in [0.25, 0.3) is 0 Å². The Hall–Kier alpha value is -1.55. The van der Waals surface area contributed by atoms with E-state index in [-0.39, 0.29) is 0 Å². The van der Waals surface area contributed by atoms with Crippen molar-refractivity contribution in [2.45, 2.75) is 52.0 Å². The molecule has 23 heavy (non-hydrogen) atoms. The predicted octanol–water partition coefficient (Wildman–Crippen LogP) is 3.01. The van der Waals surface area contributed by atoms with E-state index in [2.05, 4.69) is 29.3 Å². The van der Waals surface area contributed by atoms with Gasteiger partial charge in [0.15, 0.2) is 0 Å². The zero-order valence-corrected chi connectivity index (χ0v) is 14.5. The number of amides is 1. The van der Waals surface area contributed by atoms with Crippen LogP contribution < -0.4 is 10.1 Å². The summed E-state index contributed by atoms with van der Waals surface area (Å²) in [5.74, 6) is 1.19. The number of carbonyl (C=O) groups excluding carboxylic acids is 1. The second-order valence-electron chi connectivity index (χ2n) is 6.15. The van der Waals surface area contributed by atoms with Crippen LogP contribution in [0.3, 0.4) is 0 Å². The van der Waals surface area contributed by atoms with Crippen LogP contribution in [-0.2, 0) is 11.2 Å². The highest BCUT2D eigenvalue weighted by molar-refractivity contribution is 5.76. The highest BCUT2D eigenvalue weighted by Gasteiger charge is 2.24. The minimum absolute atomic E-state index is 0.299. The van der Waals surface area contributed by atoms with Crippen molar-refractivity contribution >= 4 is 5.91 Å². The van der Waals surface area contributed by atoms with E-state index in [9.17, 15) is 4.79 Å². The maximum atomic E-state index is 12.7. The maximum Gasteiger partial charge on any atom is 0.223 e. The van der Waals surface area contributed by atoms with Gasteiger partial charge in [0.2, 0.25) is 5.91 Å². The van der Waals surface area contributed by atoms with Gasteiger partial charge in [0.1, 0.15) is 5.75 Å². The standard InChI is InChI=1S/C19H30N2O2/c1-3-15-21(17-11-13-20-14-12-17)19(22)10-7-16-5-8-18(9-6-16)23-4-2/h5-6,8-9,17,20H,3-4,7,10-15H2,1-2H3. The average molecular weight is 318 g/mol. The lowest BCUT2D eigenvalue weighted by Gasteiger charge is -2.34. The van der Waals surface area contributed by atoms with E-state index < -0.39 is 0 Å². The van der Waals surface area contributed by atoms with E-state index in [1.54, 1.807) is 0 Å². The highest BCUT2D eigenvalue weighted by atomic mass is 16.5. The van der Waals surface area contributed by atoms with Gasteiger partial charge in [-0.25, -0.2) is 0 Å². The van der Waals surface area contributed by atoms with Gasteiger partial charge in [-0.1, -0.05) is 19.1 Å². The Bertz CT molecular complexity index is 467. The Morgan fingerprint density at radius 2 is 1.91 bits per heavy atom. The van der Waals surface area contributed by atoms with Gasteiger partial charge in [0.05, 0.1) is 6.61 Å². The third-order valence-corrected chi connectivity index (χ3v) is 4.40. The van der Waals surface area contributed by atoms with Gasteiger partial charge in [-0.2, -0.15) is 0 Å². The zero-order valence-electron chi connectivity index (χ0n) is 14.5. The second-order valence-corrected chi connectivity index (χ2v) is 6.15. The molecule has 1 aromatic carbocycles. The van der Waals surface area contributed by atoms with E-state index in [1.165, 1.54) is 5.56 Å². The molecule has 0 radical (unpaired) electrons. The van der Waals surface area contributed by atoms with Crippen molar-refractivity contribution in [1.82, 2.24) is 10.2 Å². The molecule has 2 rings (SSSR count). The molecular weight excluding hydrogens is 288 g/mol. The summed E-state index contributed by atoms with van der Waals surface area (Å²) >= 11 is 0. The monoisotopic (exact) mass is 318 g/mol. The van der Waals surface area contributed by atoms with Crippen LogP contribution in [0.15, 0.2) is 24.3 Å². The van der Waals surface area contributed by atoms with Crippen LogP contribution in [-0.4, -0.2) is 43.1 Å². The molecule has 4 heteroatoms. The quantitative estimate of drug-likeness (QED) is 0.801. The number of hydrogen-bond acceptors (Lipinski definition) is 3. The third kappa shape index (κ3) is 5.54. The van der Waals surface area contributed by atoms with E-state index in [1.807, 2.05) is 19.1 Å². The molecule has 1 saturated heterocycles. The van der Waals surface area contributed by atoms with Gasteiger partial charge in [-0.05, 0) is 63.4 Å². The Morgan fingerprint density at radius 1 is 1.22 bits per heavy atom. The summed E-state index contributed by atoms with van der Waals surface area (Å²) in [4.78, 5) is 14.8. The summed E-state index contributed by atoms with van der Waals surface area (Å²) < 4.78 is 5.45. The summed E-state index contributed by atoms with van der Waals surface area (Å²) in [6.07, 6.45) is 4.58. The van der Waals surface area contributed by atoms with E-state index in [4.69, 9.17) is 4.74 Å². The SMILES string of the molecule is CCCN(C(=O)CCc1ccc(OCC)cc1)C1CCNCC1. The molecule has 1 amide bonds. The van der Waals surface area contributed by atoms with E-state index in [0.29, 0.717) is 25.0 Å². The fourth-order valence-corrected chi connectivity index (χ4v) is 3.18. The van der Waals surface area contributed by atoms with E-state index >= 15 is 0 Å². The Morgan fingerprint density at radius 3 is 2.52 bits per heavy atom. The lowest BCUT2D eigenvalue weighted by atomic mass is 10.0. The summed E-state index contributed by atoms with van der Waals surface area (Å²) in [5.41, 5.74) is 1.20. The van der Waals surface area contributed by atoms with Crippen molar-refractivity contribution in [3.05, 3.63) is 29.8 Å². The maximum absolute atomic E-state index is 12.7. The van der Waals surface area contributed by atoms with E-state index in [0.717, 1.165) is 51.1 Å². The molecule has 128 valence electrons. The van der Waals surface area contributed by atoms with Gasteiger partial charge < -0.3 is 15.0 Å². The largest absolute Gasteiger partial charge is 0.494 e. The molecule has 0 aromatic heterocycles. The molecule has 1 heterocycles. The van der Waals surface area contributed by atoms with Crippen molar-refractivity contribution in [2.24, 2.45) is 0 Å². The molecule has 1 aliphatic rings. The van der Waals surface area contributed by atoms with Gasteiger partial charge in [0.25, 0.3) is 0 Å². The predicted molar refractivity (Wildman–Crippen MR) is 93.8 cm³/mol. The van der Waals surface area contributed by atoms with Crippen molar-refractivity contribution < 1.29 is 9.53 Å². The minimum atomic E-state index is 0.299. The van der Waals surface area contributed by atoms with Crippen molar-refractivity contribution in [3.63, 3.8) is 0 Å². The third-order valence-electron chi connectivity index (χ3n) is 4.40. The van der Waals surface area contributed by atoms with Gasteiger partial charge in [0, 0.05) is 19.0 Å². The topological polar surface area (TPSA) is 41.6 Å². The summed E-state index contributed by atoms with van der Waals surface area (Å²) in [6.45, 7) is 7.74.